The molecule has 0 aliphatic heterocycles. The summed E-state index contributed by atoms with van der Waals surface area (Å²) in [6.45, 7) is 1.64. The third kappa shape index (κ3) is 1.68. The maximum Gasteiger partial charge on any atom is 0.123 e. The van der Waals surface area contributed by atoms with E-state index in [0.717, 1.165) is 5.30 Å². The minimum Gasteiger partial charge on any atom is -0.322 e. The van der Waals surface area contributed by atoms with Gasteiger partial charge in [0.05, 0.1) is 0 Å². The van der Waals surface area contributed by atoms with Gasteiger partial charge < -0.3 is 4.57 Å². The fourth-order valence-electron chi connectivity index (χ4n) is 0.685. The van der Waals surface area contributed by atoms with E-state index in [1.807, 2.05) is 0 Å². The summed E-state index contributed by atoms with van der Waals surface area (Å²) < 4.78 is 23.1. The summed E-state index contributed by atoms with van der Waals surface area (Å²) in [6, 6.07) is 5.75. The Kier molecular flexibility index (Phi) is 2.23. The molecule has 1 rings (SSSR count). The first-order valence-electron chi connectivity index (χ1n) is 2.96. The highest BCUT2D eigenvalue weighted by molar-refractivity contribution is 7.52. The second kappa shape index (κ2) is 2.98. The van der Waals surface area contributed by atoms with E-state index in [9.17, 15) is 8.96 Å². The van der Waals surface area contributed by atoms with Gasteiger partial charge in [-0.25, -0.2) is 4.39 Å². The van der Waals surface area contributed by atoms with Crippen molar-refractivity contribution in [3.05, 3.63) is 30.1 Å². The Morgan fingerprint density at radius 1 is 1.30 bits per heavy atom. The molecule has 0 saturated carbocycles. The first-order valence-corrected chi connectivity index (χ1v) is 4.87. The van der Waals surface area contributed by atoms with E-state index in [2.05, 4.69) is 0 Å². The van der Waals surface area contributed by atoms with Gasteiger partial charge in [-0.3, -0.25) is 0 Å². The van der Waals surface area contributed by atoms with Crippen LogP contribution < -0.4 is 5.30 Å². The van der Waals surface area contributed by atoms with Gasteiger partial charge in [-0.05, 0) is 30.9 Å². The Bertz CT molecular complexity index is 242. The first kappa shape index (κ1) is 7.49. The van der Waals surface area contributed by atoms with Crippen LogP contribution in [0.25, 0.3) is 0 Å². The molecule has 1 nitrogen and oxygen atoms in total. The van der Waals surface area contributed by atoms with Crippen LogP contribution in [0.2, 0.25) is 0 Å². The average molecular weight is 158 g/mol. The van der Waals surface area contributed by atoms with Crippen molar-refractivity contribution in [2.45, 2.75) is 0 Å². The van der Waals surface area contributed by atoms with Crippen molar-refractivity contribution >= 4 is 13.1 Å². The van der Waals surface area contributed by atoms with Gasteiger partial charge in [-0.15, -0.1) is 0 Å². The first-order chi connectivity index (χ1) is 4.70. The Balaban J connectivity index is 3.00. The molecule has 0 aromatic heterocycles. The highest BCUT2D eigenvalue weighted by Crippen LogP contribution is 2.12. The molecule has 0 radical (unpaired) electrons. The largest absolute Gasteiger partial charge is 0.322 e. The molecule has 10 heavy (non-hydrogen) atoms. The van der Waals surface area contributed by atoms with Crippen molar-refractivity contribution in [3.63, 3.8) is 0 Å². The van der Waals surface area contributed by atoms with Gasteiger partial charge in [0, 0.05) is 5.30 Å². The van der Waals surface area contributed by atoms with Crippen molar-refractivity contribution in [2.75, 3.05) is 6.66 Å². The lowest BCUT2D eigenvalue weighted by molar-refractivity contribution is 0.596. The highest BCUT2D eigenvalue weighted by Gasteiger charge is 1.94. The molecule has 54 valence electrons. The lowest BCUT2D eigenvalue weighted by Crippen LogP contribution is -1.93. The zero-order chi connectivity index (χ0) is 7.56. The quantitative estimate of drug-likeness (QED) is 0.568. The van der Waals surface area contributed by atoms with Crippen LogP contribution in [0.15, 0.2) is 24.3 Å². The van der Waals surface area contributed by atoms with Crippen LogP contribution in [0.5, 0.6) is 0 Å². The summed E-state index contributed by atoms with van der Waals surface area (Å²) in [5, 5.41) is 0.728. The summed E-state index contributed by atoms with van der Waals surface area (Å²) in [5.41, 5.74) is 0. The zero-order valence-electron chi connectivity index (χ0n) is 5.60. The molecule has 0 aliphatic rings. The van der Waals surface area contributed by atoms with Crippen LogP contribution in [0, 0.1) is 5.82 Å². The van der Waals surface area contributed by atoms with Crippen LogP contribution in [0.4, 0.5) is 4.39 Å². The Morgan fingerprint density at radius 3 is 2.20 bits per heavy atom. The van der Waals surface area contributed by atoms with Gasteiger partial charge in [0.1, 0.15) is 13.6 Å². The SMILES string of the molecule is C[PH](=O)c1ccc(F)cc1. The molecule has 1 aromatic carbocycles. The lowest BCUT2D eigenvalue weighted by atomic mass is 10.4. The molecule has 3 heteroatoms. The summed E-state index contributed by atoms with van der Waals surface area (Å²) in [4.78, 5) is 0. The fraction of sp³-hybridized carbons (Fsp3) is 0.143. The van der Waals surface area contributed by atoms with Gasteiger partial charge in [-0.1, -0.05) is 0 Å². The van der Waals surface area contributed by atoms with Crippen molar-refractivity contribution in [1.29, 1.82) is 0 Å². The molecule has 0 saturated heterocycles. The molecule has 0 bridgehead atoms. The van der Waals surface area contributed by atoms with Crippen molar-refractivity contribution in [3.8, 4) is 0 Å². The molecule has 1 atom stereocenters. The number of benzene rings is 1. The summed E-state index contributed by atoms with van der Waals surface area (Å²) in [5.74, 6) is -0.285. The minimum absolute atomic E-state index is 0.285. The molecule has 0 N–H and O–H groups in total. The van der Waals surface area contributed by atoms with E-state index >= 15 is 0 Å². The number of hydrogen-bond donors (Lipinski definition) is 0. The zero-order valence-corrected chi connectivity index (χ0v) is 6.60. The van der Waals surface area contributed by atoms with Crippen LogP contribution in [-0.4, -0.2) is 6.66 Å². The maximum atomic E-state index is 12.3. The fourth-order valence-corrected chi connectivity index (χ4v) is 1.32. The van der Waals surface area contributed by atoms with E-state index < -0.39 is 7.80 Å². The van der Waals surface area contributed by atoms with E-state index in [-0.39, 0.29) is 5.82 Å². The second-order valence-electron chi connectivity index (χ2n) is 2.06. The predicted octanol–water partition coefficient (Wildman–Crippen LogP) is 1.64. The Labute approximate surface area is 59.7 Å². The van der Waals surface area contributed by atoms with Crippen molar-refractivity contribution in [2.24, 2.45) is 0 Å². The third-order valence-corrected chi connectivity index (χ3v) is 2.40. The Hall–Kier alpha value is -0.620. The smallest absolute Gasteiger partial charge is 0.123 e. The second-order valence-corrected chi connectivity index (χ2v) is 3.75. The molecule has 0 spiro atoms. The van der Waals surface area contributed by atoms with Gasteiger partial charge in [0.15, 0.2) is 0 Å². The van der Waals surface area contributed by atoms with E-state index in [1.54, 1.807) is 18.8 Å². The van der Waals surface area contributed by atoms with Crippen LogP contribution in [0.1, 0.15) is 0 Å². The lowest BCUT2D eigenvalue weighted by Gasteiger charge is -1.93. The van der Waals surface area contributed by atoms with Gasteiger partial charge in [0.2, 0.25) is 0 Å². The van der Waals surface area contributed by atoms with Crippen LogP contribution >= 0.6 is 7.80 Å². The topological polar surface area (TPSA) is 17.1 Å². The summed E-state index contributed by atoms with van der Waals surface area (Å²) >= 11 is 0. The van der Waals surface area contributed by atoms with Gasteiger partial charge in [-0.2, -0.15) is 0 Å². The molecule has 0 heterocycles. The molecule has 1 unspecified atom stereocenters. The number of hydrogen-bond acceptors (Lipinski definition) is 1. The standard InChI is InChI=1S/C7H8FOP/c1-10(9)7-4-2-6(8)3-5-7/h2-5,10H,1H3. The molecule has 0 amide bonds. The third-order valence-electron chi connectivity index (χ3n) is 1.25. The van der Waals surface area contributed by atoms with Crippen molar-refractivity contribution in [1.82, 2.24) is 0 Å². The highest BCUT2D eigenvalue weighted by atomic mass is 31.1. The monoisotopic (exact) mass is 158 g/mol. The summed E-state index contributed by atoms with van der Waals surface area (Å²) in [6.07, 6.45) is 0. The number of halogens is 1. The van der Waals surface area contributed by atoms with E-state index in [0.29, 0.717) is 0 Å². The average Bonchev–Trinajstić information content (AvgIpc) is 1.88. The Morgan fingerprint density at radius 2 is 1.80 bits per heavy atom. The van der Waals surface area contributed by atoms with E-state index in [4.69, 9.17) is 0 Å². The van der Waals surface area contributed by atoms with Crippen molar-refractivity contribution < 1.29 is 8.96 Å². The molecule has 0 aliphatic carbocycles. The van der Waals surface area contributed by atoms with Gasteiger partial charge >= 0.3 is 0 Å². The van der Waals surface area contributed by atoms with E-state index in [1.165, 1.54) is 12.1 Å². The normalized spacial score (nSPS) is 13.0. The molecule has 0 fully saturated rings. The maximum absolute atomic E-state index is 12.3. The summed E-state index contributed by atoms with van der Waals surface area (Å²) in [7, 11) is -1.65. The minimum atomic E-state index is -1.65. The van der Waals surface area contributed by atoms with Crippen LogP contribution in [-0.2, 0) is 4.57 Å². The molecular formula is C7H8FOP. The van der Waals surface area contributed by atoms with Gasteiger partial charge in [0.25, 0.3) is 0 Å². The molecule has 1 aromatic rings. The number of rotatable bonds is 1. The predicted molar refractivity (Wildman–Crippen MR) is 41.0 cm³/mol. The molecular weight excluding hydrogens is 150 g/mol. The van der Waals surface area contributed by atoms with Crippen LogP contribution in [0.3, 0.4) is 0 Å².